The molecule has 3 aromatic carbocycles. The fourth-order valence-corrected chi connectivity index (χ4v) is 4.17. The summed E-state index contributed by atoms with van der Waals surface area (Å²) >= 11 is 0. The Labute approximate surface area is 183 Å². The molecular weight excluding hydrogens is 420 g/mol. The number of halogens is 4. The lowest BCUT2D eigenvalue weighted by Gasteiger charge is -2.22. The lowest BCUT2D eigenvalue weighted by Crippen LogP contribution is -2.12. The molecule has 0 saturated heterocycles. The molecule has 1 aliphatic carbocycles. The first kappa shape index (κ1) is 22.1. The minimum Gasteiger partial charge on any atom is -0.420 e. The molecule has 1 aliphatic rings. The molecule has 2 nitrogen and oxygen atoms in total. The van der Waals surface area contributed by atoms with Crippen LogP contribution in [0.5, 0.6) is 5.75 Å². The maximum absolute atomic E-state index is 14.6. The van der Waals surface area contributed by atoms with Gasteiger partial charge in [0.2, 0.25) is 5.82 Å². The highest BCUT2D eigenvalue weighted by atomic mass is 19.2. The van der Waals surface area contributed by atoms with E-state index in [1.807, 2.05) is 0 Å². The number of hydrogen-bond acceptors (Lipinski definition) is 2. The quantitative estimate of drug-likeness (QED) is 0.238. The highest BCUT2D eigenvalue weighted by Crippen LogP contribution is 2.36. The van der Waals surface area contributed by atoms with Gasteiger partial charge in [0.1, 0.15) is 0 Å². The predicted molar refractivity (Wildman–Crippen MR) is 114 cm³/mol. The molecule has 0 heterocycles. The van der Waals surface area contributed by atoms with Gasteiger partial charge in [0.25, 0.3) is 0 Å². The van der Waals surface area contributed by atoms with Crippen molar-refractivity contribution < 1.29 is 27.1 Å². The van der Waals surface area contributed by atoms with Crippen LogP contribution in [0, 0.1) is 30.2 Å². The topological polar surface area (TPSA) is 26.3 Å². The Balaban J connectivity index is 1.52. The Morgan fingerprint density at radius 1 is 0.781 bits per heavy atom. The molecule has 0 N–H and O–H groups in total. The van der Waals surface area contributed by atoms with Crippen LogP contribution in [0.3, 0.4) is 0 Å². The van der Waals surface area contributed by atoms with Crippen molar-refractivity contribution in [2.75, 3.05) is 0 Å². The zero-order chi connectivity index (χ0) is 22.8. The standard InChI is InChI=1S/C26H22F4O2/c1-15-7-12-19(23(28)22(15)27)17-8-10-18(11-9-17)26(31)32-21-14-13-20(24(29)25(21)30)16-5-3-2-4-6-16/h7-14,16H,2-6H2,1H3. The van der Waals surface area contributed by atoms with Gasteiger partial charge in [-0.05, 0) is 60.6 Å². The monoisotopic (exact) mass is 442 g/mol. The fraction of sp³-hybridized carbons (Fsp3) is 0.269. The van der Waals surface area contributed by atoms with Crippen LogP contribution in [0.2, 0.25) is 0 Å². The number of ether oxygens (including phenoxy) is 1. The van der Waals surface area contributed by atoms with Crippen molar-refractivity contribution in [3.05, 3.63) is 88.5 Å². The van der Waals surface area contributed by atoms with Gasteiger partial charge in [-0.15, -0.1) is 0 Å². The van der Waals surface area contributed by atoms with Crippen molar-refractivity contribution in [2.45, 2.75) is 44.9 Å². The second-order valence-corrected chi connectivity index (χ2v) is 8.14. The van der Waals surface area contributed by atoms with E-state index < -0.39 is 35.0 Å². The first-order valence-electron chi connectivity index (χ1n) is 10.6. The maximum Gasteiger partial charge on any atom is 0.343 e. The number of esters is 1. The van der Waals surface area contributed by atoms with Crippen molar-refractivity contribution >= 4 is 5.97 Å². The van der Waals surface area contributed by atoms with E-state index in [0.29, 0.717) is 11.1 Å². The average molecular weight is 442 g/mol. The minimum absolute atomic E-state index is 0.0254. The van der Waals surface area contributed by atoms with Crippen LogP contribution >= 0.6 is 0 Å². The summed E-state index contributed by atoms with van der Waals surface area (Å²) in [6.07, 6.45) is 4.69. The van der Waals surface area contributed by atoms with Gasteiger partial charge in [0, 0.05) is 5.56 Å². The normalized spacial score (nSPS) is 14.4. The number of carbonyl (C=O) groups is 1. The summed E-state index contributed by atoms with van der Waals surface area (Å²) in [5, 5.41) is 0. The van der Waals surface area contributed by atoms with Gasteiger partial charge in [-0.1, -0.05) is 49.6 Å². The third kappa shape index (κ3) is 4.27. The first-order valence-corrected chi connectivity index (χ1v) is 10.6. The summed E-state index contributed by atoms with van der Waals surface area (Å²) in [5.41, 5.74) is 0.998. The molecule has 32 heavy (non-hydrogen) atoms. The Hall–Kier alpha value is -3.15. The largest absolute Gasteiger partial charge is 0.420 e. The molecule has 1 fully saturated rings. The molecule has 0 aliphatic heterocycles. The first-order chi connectivity index (χ1) is 15.4. The van der Waals surface area contributed by atoms with E-state index in [4.69, 9.17) is 4.74 Å². The molecule has 0 radical (unpaired) electrons. The van der Waals surface area contributed by atoms with Gasteiger partial charge >= 0.3 is 5.97 Å². The Kier molecular flexibility index (Phi) is 6.31. The summed E-state index contributed by atoms with van der Waals surface area (Å²) < 4.78 is 62.3. The van der Waals surface area contributed by atoms with E-state index in [2.05, 4.69) is 0 Å². The Bertz CT molecular complexity index is 1150. The summed E-state index contributed by atoms with van der Waals surface area (Å²) in [6, 6.07) is 11.3. The summed E-state index contributed by atoms with van der Waals surface area (Å²) in [5.74, 6) is -5.46. The number of carbonyl (C=O) groups excluding carboxylic acids is 1. The highest BCUT2D eigenvalue weighted by Gasteiger charge is 2.24. The molecule has 1 saturated carbocycles. The van der Waals surface area contributed by atoms with Crippen LogP contribution in [0.4, 0.5) is 17.6 Å². The van der Waals surface area contributed by atoms with Gasteiger partial charge in [-0.3, -0.25) is 0 Å². The van der Waals surface area contributed by atoms with Crippen molar-refractivity contribution in [3.8, 4) is 16.9 Å². The van der Waals surface area contributed by atoms with E-state index >= 15 is 0 Å². The Morgan fingerprint density at radius 2 is 1.47 bits per heavy atom. The molecule has 6 heteroatoms. The van der Waals surface area contributed by atoms with Crippen LogP contribution in [-0.2, 0) is 0 Å². The second-order valence-electron chi connectivity index (χ2n) is 8.14. The van der Waals surface area contributed by atoms with Gasteiger partial charge in [-0.25, -0.2) is 18.0 Å². The van der Waals surface area contributed by atoms with Crippen molar-refractivity contribution in [3.63, 3.8) is 0 Å². The second kappa shape index (κ2) is 9.15. The number of aryl methyl sites for hydroxylation is 1. The van der Waals surface area contributed by atoms with Gasteiger partial charge < -0.3 is 4.74 Å². The Morgan fingerprint density at radius 3 is 2.16 bits per heavy atom. The minimum atomic E-state index is -1.18. The smallest absolute Gasteiger partial charge is 0.343 e. The lowest BCUT2D eigenvalue weighted by atomic mass is 9.84. The van der Waals surface area contributed by atoms with Crippen molar-refractivity contribution in [1.82, 2.24) is 0 Å². The van der Waals surface area contributed by atoms with Crippen LogP contribution in [0.1, 0.15) is 59.5 Å². The number of benzene rings is 3. The predicted octanol–water partition coefficient (Wildman–Crippen LogP) is 7.49. The SMILES string of the molecule is Cc1ccc(-c2ccc(C(=O)Oc3ccc(C4CCCCC4)c(F)c3F)cc2)c(F)c1F. The molecule has 0 unspecified atom stereocenters. The van der Waals surface area contributed by atoms with Crippen LogP contribution in [0.15, 0.2) is 48.5 Å². The molecule has 0 aromatic heterocycles. The third-order valence-electron chi connectivity index (χ3n) is 6.03. The molecule has 0 spiro atoms. The zero-order valence-corrected chi connectivity index (χ0v) is 17.6. The molecule has 0 atom stereocenters. The fourth-order valence-electron chi connectivity index (χ4n) is 4.17. The zero-order valence-electron chi connectivity index (χ0n) is 17.6. The molecule has 4 rings (SSSR count). The molecule has 166 valence electrons. The number of rotatable bonds is 4. The van der Waals surface area contributed by atoms with Crippen LogP contribution < -0.4 is 4.74 Å². The molecule has 0 bridgehead atoms. The van der Waals surface area contributed by atoms with E-state index in [1.54, 1.807) is 0 Å². The van der Waals surface area contributed by atoms with Crippen LogP contribution in [0.25, 0.3) is 11.1 Å². The van der Waals surface area contributed by atoms with Gasteiger partial charge in [-0.2, -0.15) is 4.39 Å². The van der Waals surface area contributed by atoms with E-state index in [9.17, 15) is 22.4 Å². The van der Waals surface area contributed by atoms with Gasteiger partial charge in [0.15, 0.2) is 23.2 Å². The molecule has 3 aromatic rings. The van der Waals surface area contributed by atoms with E-state index in [0.717, 1.165) is 32.1 Å². The average Bonchev–Trinajstić information content (AvgIpc) is 2.81. The molecule has 0 amide bonds. The van der Waals surface area contributed by atoms with E-state index in [-0.39, 0.29) is 22.6 Å². The summed E-state index contributed by atoms with van der Waals surface area (Å²) in [7, 11) is 0. The summed E-state index contributed by atoms with van der Waals surface area (Å²) in [4.78, 5) is 12.4. The lowest BCUT2D eigenvalue weighted by molar-refractivity contribution is 0.0726. The van der Waals surface area contributed by atoms with Gasteiger partial charge in [0.05, 0.1) is 5.56 Å². The summed E-state index contributed by atoms with van der Waals surface area (Å²) in [6.45, 7) is 1.46. The highest BCUT2D eigenvalue weighted by molar-refractivity contribution is 5.91. The third-order valence-corrected chi connectivity index (χ3v) is 6.03. The van der Waals surface area contributed by atoms with Crippen LogP contribution in [-0.4, -0.2) is 5.97 Å². The maximum atomic E-state index is 14.6. The number of hydrogen-bond donors (Lipinski definition) is 0. The molecular formula is C26H22F4O2. The van der Waals surface area contributed by atoms with E-state index in [1.165, 1.54) is 55.5 Å². The van der Waals surface area contributed by atoms with Crippen molar-refractivity contribution in [2.24, 2.45) is 0 Å². The van der Waals surface area contributed by atoms with Crippen molar-refractivity contribution in [1.29, 1.82) is 0 Å².